The lowest BCUT2D eigenvalue weighted by molar-refractivity contribution is -0.148. The number of likely N-dealkylation sites (tertiary alicyclic amines) is 1. The number of amides is 1. The normalized spacial score (nSPS) is 21.0. The van der Waals surface area contributed by atoms with E-state index >= 15 is 0 Å². The molecule has 1 amide bonds. The van der Waals surface area contributed by atoms with E-state index in [-0.39, 0.29) is 23.3 Å². The predicted octanol–water partition coefficient (Wildman–Crippen LogP) is 1.59. The summed E-state index contributed by atoms with van der Waals surface area (Å²) in [6.07, 6.45) is 1.92. The third-order valence-corrected chi connectivity index (χ3v) is 2.76. The van der Waals surface area contributed by atoms with Gasteiger partial charge in [0.05, 0.1) is 6.04 Å². The van der Waals surface area contributed by atoms with Gasteiger partial charge in [0.25, 0.3) is 0 Å². The lowest BCUT2D eigenvalue weighted by Gasteiger charge is -2.30. The minimum atomic E-state index is -0.362. The minimum Gasteiger partial charge on any atom is -0.464 e. The Balaban J connectivity index is 2.59. The van der Waals surface area contributed by atoms with Crippen molar-refractivity contribution < 1.29 is 14.3 Å². The van der Waals surface area contributed by atoms with Crippen LogP contribution in [0.1, 0.15) is 40.5 Å². The summed E-state index contributed by atoms with van der Waals surface area (Å²) in [5, 5.41) is 0. The fraction of sp³-hybridized carbons (Fsp3) is 0.833. The number of rotatable bonds is 2. The molecule has 4 nitrogen and oxygen atoms in total. The molecule has 0 aromatic heterocycles. The molecule has 1 rings (SSSR count). The number of esters is 1. The van der Waals surface area contributed by atoms with E-state index in [1.165, 1.54) is 6.92 Å². The van der Waals surface area contributed by atoms with Gasteiger partial charge in [-0.2, -0.15) is 0 Å². The fourth-order valence-electron chi connectivity index (χ4n) is 1.92. The molecule has 0 radical (unpaired) electrons. The van der Waals surface area contributed by atoms with Crippen molar-refractivity contribution >= 4 is 11.9 Å². The summed E-state index contributed by atoms with van der Waals surface area (Å²) in [4.78, 5) is 24.7. The monoisotopic (exact) mass is 227 g/mol. The van der Waals surface area contributed by atoms with Crippen molar-refractivity contribution in [3.8, 4) is 0 Å². The summed E-state index contributed by atoms with van der Waals surface area (Å²) in [6.45, 7) is 8.24. The van der Waals surface area contributed by atoms with E-state index in [0.29, 0.717) is 6.61 Å². The van der Waals surface area contributed by atoms with Crippen molar-refractivity contribution in [1.29, 1.82) is 0 Å². The van der Waals surface area contributed by atoms with Crippen LogP contribution in [0.4, 0.5) is 0 Å². The molecule has 0 spiro atoms. The second-order valence-electron chi connectivity index (χ2n) is 5.35. The third kappa shape index (κ3) is 3.22. The van der Waals surface area contributed by atoms with Crippen LogP contribution in [-0.2, 0) is 14.3 Å². The number of hydrogen-bond donors (Lipinski definition) is 0. The average molecular weight is 227 g/mol. The Hall–Kier alpha value is -1.06. The van der Waals surface area contributed by atoms with Gasteiger partial charge in [0.2, 0.25) is 5.91 Å². The van der Waals surface area contributed by atoms with Gasteiger partial charge in [-0.15, -0.1) is 0 Å². The molecular weight excluding hydrogens is 206 g/mol. The van der Waals surface area contributed by atoms with E-state index in [2.05, 4.69) is 0 Å². The van der Waals surface area contributed by atoms with Gasteiger partial charge in [-0.05, 0) is 12.8 Å². The summed E-state index contributed by atoms with van der Waals surface area (Å²) in [5.74, 6) is -0.141. The number of carbonyl (C=O) groups is 2. The van der Waals surface area contributed by atoms with Crippen molar-refractivity contribution in [1.82, 2.24) is 4.90 Å². The maximum absolute atomic E-state index is 12.1. The van der Waals surface area contributed by atoms with Crippen LogP contribution in [0.5, 0.6) is 0 Å². The molecule has 1 aliphatic heterocycles. The van der Waals surface area contributed by atoms with Crippen molar-refractivity contribution in [2.75, 3.05) is 13.2 Å². The Morgan fingerprint density at radius 1 is 1.38 bits per heavy atom. The molecule has 92 valence electrons. The van der Waals surface area contributed by atoms with Crippen LogP contribution in [0, 0.1) is 5.41 Å². The first-order valence-electron chi connectivity index (χ1n) is 5.77. The summed E-state index contributed by atoms with van der Waals surface area (Å²) in [5.41, 5.74) is -0.362. The maximum atomic E-state index is 12.1. The van der Waals surface area contributed by atoms with Gasteiger partial charge in [0.15, 0.2) is 0 Å². The summed E-state index contributed by atoms with van der Waals surface area (Å²) < 4.78 is 4.99. The fourth-order valence-corrected chi connectivity index (χ4v) is 1.92. The van der Waals surface area contributed by atoms with Gasteiger partial charge in [-0.25, -0.2) is 0 Å². The number of hydrogen-bond acceptors (Lipinski definition) is 3. The molecule has 0 aliphatic carbocycles. The second kappa shape index (κ2) is 4.85. The lowest BCUT2D eigenvalue weighted by Crippen LogP contribution is -2.44. The van der Waals surface area contributed by atoms with Gasteiger partial charge in [0.1, 0.15) is 6.61 Å². The molecule has 1 aliphatic rings. The third-order valence-electron chi connectivity index (χ3n) is 2.76. The van der Waals surface area contributed by atoms with Crippen LogP contribution in [0.25, 0.3) is 0 Å². The Labute approximate surface area is 96.9 Å². The average Bonchev–Trinajstić information content (AvgIpc) is 2.59. The predicted molar refractivity (Wildman–Crippen MR) is 60.8 cm³/mol. The Morgan fingerprint density at radius 2 is 2.00 bits per heavy atom. The summed E-state index contributed by atoms with van der Waals surface area (Å²) in [7, 11) is 0. The molecule has 1 fully saturated rings. The van der Waals surface area contributed by atoms with E-state index in [1.54, 1.807) is 0 Å². The van der Waals surface area contributed by atoms with Crippen molar-refractivity contribution in [2.45, 2.75) is 46.6 Å². The van der Waals surface area contributed by atoms with Crippen molar-refractivity contribution in [3.05, 3.63) is 0 Å². The quantitative estimate of drug-likeness (QED) is 0.673. The van der Waals surface area contributed by atoms with Gasteiger partial charge in [-0.1, -0.05) is 20.8 Å². The van der Waals surface area contributed by atoms with Crippen LogP contribution in [0.2, 0.25) is 0 Å². The lowest BCUT2D eigenvalue weighted by atomic mass is 9.94. The molecule has 1 heterocycles. The van der Waals surface area contributed by atoms with Crippen molar-refractivity contribution in [2.24, 2.45) is 5.41 Å². The Kier molecular flexibility index (Phi) is 3.94. The van der Waals surface area contributed by atoms with Gasteiger partial charge < -0.3 is 9.64 Å². The largest absolute Gasteiger partial charge is 0.464 e. The molecule has 1 saturated heterocycles. The number of ether oxygens (including phenoxy) is 1. The molecule has 1 unspecified atom stereocenters. The van der Waals surface area contributed by atoms with Crippen LogP contribution < -0.4 is 0 Å². The molecule has 0 N–H and O–H groups in total. The Morgan fingerprint density at radius 3 is 2.50 bits per heavy atom. The zero-order valence-corrected chi connectivity index (χ0v) is 10.6. The van der Waals surface area contributed by atoms with Crippen LogP contribution in [-0.4, -0.2) is 36.0 Å². The van der Waals surface area contributed by atoms with Crippen LogP contribution in [0.15, 0.2) is 0 Å². The molecule has 4 heteroatoms. The number of carbonyl (C=O) groups excluding carboxylic acids is 2. The van der Waals surface area contributed by atoms with E-state index in [9.17, 15) is 9.59 Å². The van der Waals surface area contributed by atoms with Crippen molar-refractivity contribution in [3.63, 3.8) is 0 Å². The summed E-state index contributed by atoms with van der Waals surface area (Å²) in [6, 6.07) is 0.0654. The molecule has 0 bridgehead atoms. The van der Waals surface area contributed by atoms with Gasteiger partial charge >= 0.3 is 5.97 Å². The van der Waals surface area contributed by atoms with E-state index in [4.69, 9.17) is 4.74 Å². The highest BCUT2D eigenvalue weighted by molar-refractivity contribution is 5.82. The first kappa shape index (κ1) is 13.0. The molecule has 1 atom stereocenters. The zero-order valence-electron chi connectivity index (χ0n) is 10.6. The molecular formula is C12H21NO3. The maximum Gasteiger partial charge on any atom is 0.302 e. The smallest absolute Gasteiger partial charge is 0.302 e. The molecule has 16 heavy (non-hydrogen) atoms. The second-order valence-corrected chi connectivity index (χ2v) is 5.35. The van der Waals surface area contributed by atoms with Gasteiger partial charge in [0, 0.05) is 18.9 Å². The topological polar surface area (TPSA) is 46.6 Å². The molecule has 0 aromatic rings. The van der Waals surface area contributed by atoms with Gasteiger partial charge in [-0.3, -0.25) is 9.59 Å². The SMILES string of the molecule is CC(=O)OCC1CCCN1C(=O)C(C)(C)C. The highest BCUT2D eigenvalue weighted by Gasteiger charge is 2.35. The molecule has 0 saturated carbocycles. The minimum absolute atomic E-state index is 0.0654. The highest BCUT2D eigenvalue weighted by Crippen LogP contribution is 2.25. The van der Waals surface area contributed by atoms with E-state index < -0.39 is 0 Å². The number of nitrogens with zero attached hydrogens (tertiary/aromatic N) is 1. The highest BCUT2D eigenvalue weighted by atomic mass is 16.5. The van der Waals surface area contributed by atoms with E-state index in [0.717, 1.165) is 19.4 Å². The molecule has 0 aromatic carbocycles. The van der Waals surface area contributed by atoms with Crippen LogP contribution >= 0.6 is 0 Å². The standard InChI is InChI=1S/C12H21NO3/c1-9(14)16-8-10-6-5-7-13(10)11(15)12(2,3)4/h10H,5-8H2,1-4H3. The summed E-state index contributed by atoms with van der Waals surface area (Å²) >= 11 is 0. The zero-order chi connectivity index (χ0) is 12.3. The van der Waals surface area contributed by atoms with E-state index in [1.807, 2.05) is 25.7 Å². The Bertz CT molecular complexity index is 280. The first-order valence-corrected chi connectivity index (χ1v) is 5.77. The van der Waals surface area contributed by atoms with Crippen LogP contribution in [0.3, 0.4) is 0 Å². The first-order chi connectivity index (χ1) is 7.32.